The van der Waals surface area contributed by atoms with Crippen LogP contribution < -0.4 is 5.32 Å². The van der Waals surface area contributed by atoms with Gasteiger partial charge < -0.3 is 10.2 Å². The van der Waals surface area contributed by atoms with E-state index in [-0.39, 0.29) is 0 Å². The third-order valence-corrected chi connectivity index (χ3v) is 4.35. The van der Waals surface area contributed by atoms with E-state index >= 15 is 0 Å². The Kier molecular flexibility index (Phi) is 4.84. The maximum absolute atomic E-state index is 12.2. The predicted molar refractivity (Wildman–Crippen MR) is 69.9 cm³/mol. The van der Waals surface area contributed by atoms with Gasteiger partial charge in [0.1, 0.15) is 0 Å². The van der Waals surface area contributed by atoms with Crippen LogP contribution in [-0.4, -0.2) is 36.5 Å². The first-order chi connectivity index (χ1) is 8.27. The molecule has 1 saturated carbocycles. The third kappa shape index (κ3) is 3.70. The molecule has 0 spiro atoms. The van der Waals surface area contributed by atoms with Crippen LogP contribution in [0.3, 0.4) is 0 Å². The van der Waals surface area contributed by atoms with E-state index in [1.807, 2.05) is 11.9 Å². The van der Waals surface area contributed by atoms with Crippen molar-refractivity contribution in [2.75, 3.05) is 13.6 Å². The molecule has 2 rings (SSSR count). The third-order valence-electron chi connectivity index (χ3n) is 4.35. The Bertz CT molecular complexity index is 243. The highest BCUT2D eigenvalue weighted by Gasteiger charge is 2.24. The maximum Gasteiger partial charge on any atom is 0.224 e. The van der Waals surface area contributed by atoms with Gasteiger partial charge in [-0.2, -0.15) is 0 Å². The summed E-state index contributed by atoms with van der Waals surface area (Å²) in [7, 11) is 2.00. The number of carbonyl (C=O) groups excluding carboxylic acids is 1. The van der Waals surface area contributed by atoms with Gasteiger partial charge in [0.15, 0.2) is 0 Å². The number of carbonyl (C=O) groups is 1. The van der Waals surface area contributed by atoms with Crippen LogP contribution in [0.25, 0.3) is 0 Å². The zero-order valence-electron chi connectivity index (χ0n) is 11.1. The second-order valence-electron chi connectivity index (χ2n) is 5.65. The van der Waals surface area contributed by atoms with Crippen molar-refractivity contribution in [2.24, 2.45) is 0 Å². The zero-order chi connectivity index (χ0) is 12.1. The van der Waals surface area contributed by atoms with Crippen molar-refractivity contribution in [2.45, 2.75) is 69.9 Å². The van der Waals surface area contributed by atoms with Crippen LogP contribution in [0.1, 0.15) is 57.8 Å². The summed E-state index contributed by atoms with van der Waals surface area (Å²) >= 11 is 0. The molecule has 1 saturated heterocycles. The molecule has 0 aromatic carbocycles. The van der Waals surface area contributed by atoms with Crippen LogP contribution in [0.2, 0.25) is 0 Å². The first kappa shape index (κ1) is 12.9. The molecule has 98 valence electrons. The van der Waals surface area contributed by atoms with Crippen molar-refractivity contribution in [1.82, 2.24) is 10.2 Å². The van der Waals surface area contributed by atoms with Crippen molar-refractivity contribution in [3.8, 4) is 0 Å². The fourth-order valence-electron chi connectivity index (χ4n) is 3.12. The molecule has 1 atom stereocenters. The average molecular weight is 238 g/mol. The van der Waals surface area contributed by atoms with Crippen LogP contribution >= 0.6 is 0 Å². The number of piperidine rings is 1. The van der Waals surface area contributed by atoms with E-state index in [1.165, 1.54) is 51.4 Å². The van der Waals surface area contributed by atoms with Gasteiger partial charge in [-0.05, 0) is 32.2 Å². The van der Waals surface area contributed by atoms with E-state index in [4.69, 9.17) is 0 Å². The lowest BCUT2D eigenvalue weighted by Crippen LogP contribution is -2.43. The molecule has 17 heavy (non-hydrogen) atoms. The fourth-order valence-corrected chi connectivity index (χ4v) is 3.12. The Morgan fingerprint density at radius 3 is 2.47 bits per heavy atom. The molecule has 0 aromatic rings. The normalized spacial score (nSPS) is 26.8. The van der Waals surface area contributed by atoms with Crippen molar-refractivity contribution in [1.29, 1.82) is 0 Å². The molecular weight excluding hydrogens is 212 g/mol. The van der Waals surface area contributed by atoms with Crippen molar-refractivity contribution < 1.29 is 4.79 Å². The molecule has 2 aliphatic rings. The number of nitrogens with one attached hydrogen (secondary N) is 1. The average Bonchev–Trinajstić information content (AvgIpc) is 2.40. The lowest BCUT2D eigenvalue weighted by Gasteiger charge is -2.33. The molecule has 1 heterocycles. The van der Waals surface area contributed by atoms with E-state index in [9.17, 15) is 4.79 Å². The fraction of sp³-hybridized carbons (Fsp3) is 0.929. The molecule has 2 fully saturated rings. The SMILES string of the molecule is CN(C(=O)CC1CCCCN1)C1CCCCC1. The number of nitrogens with zero attached hydrogens (tertiary/aromatic N) is 1. The topological polar surface area (TPSA) is 32.3 Å². The van der Waals surface area contributed by atoms with Crippen molar-refractivity contribution in [3.63, 3.8) is 0 Å². The molecule has 0 radical (unpaired) electrons. The molecule has 1 unspecified atom stereocenters. The highest BCUT2D eigenvalue weighted by molar-refractivity contribution is 5.76. The number of rotatable bonds is 3. The summed E-state index contributed by atoms with van der Waals surface area (Å²) in [4.78, 5) is 14.2. The highest BCUT2D eigenvalue weighted by atomic mass is 16.2. The van der Waals surface area contributed by atoms with Crippen molar-refractivity contribution in [3.05, 3.63) is 0 Å². The second kappa shape index (κ2) is 6.39. The van der Waals surface area contributed by atoms with Gasteiger partial charge in [-0.1, -0.05) is 25.7 Å². The van der Waals surface area contributed by atoms with Crippen molar-refractivity contribution >= 4 is 5.91 Å². The number of hydrogen-bond donors (Lipinski definition) is 1. The highest BCUT2D eigenvalue weighted by Crippen LogP contribution is 2.22. The standard InChI is InChI=1S/C14H26N2O/c1-16(13-8-3-2-4-9-13)14(17)11-12-7-5-6-10-15-12/h12-13,15H,2-11H2,1H3. The minimum atomic E-state index is 0.344. The minimum absolute atomic E-state index is 0.344. The van der Waals surface area contributed by atoms with E-state index in [0.717, 1.165) is 6.54 Å². The Hall–Kier alpha value is -0.570. The van der Waals surface area contributed by atoms with Gasteiger partial charge in [-0.15, -0.1) is 0 Å². The summed E-state index contributed by atoms with van der Waals surface area (Å²) in [5.74, 6) is 0.344. The zero-order valence-corrected chi connectivity index (χ0v) is 11.1. The molecule has 3 nitrogen and oxygen atoms in total. The van der Waals surface area contributed by atoms with Crippen LogP contribution in [-0.2, 0) is 4.79 Å². The van der Waals surface area contributed by atoms with Gasteiger partial charge in [0.05, 0.1) is 0 Å². The Balaban J connectivity index is 1.77. The lowest BCUT2D eigenvalue weighted by atomic mass is 9.94. The van der Waals surface area contributed by atoms with E-state index in [1.54, 1.807) is 0 Å². The minimum Gasteiger partial charge on any atom is -0.343 e. The van der Waals surface area contributed by atoms with E-state index in [0.29, 0.717) is 24.4 Å². The van der Waals surface area contributed by atoms with Gasteiger partial charge in [0, 0.05) is 25.6 Å². The van der Waals surface area contributed by atoms with Gasteiger partial charge in [0.2, 0.25) is 5.91 Å². The Labute approximate surface area is 105 Å². The van der Waals surface area contributed by atoms with Crippen LogP contribution in [0.4, 0.5) is 0 Å². The predicted octanol–water partition coefficient (Wildman–Crippen LogP) is 2.31. The molecule has 0 aromatic heterocycles. The van der Waals surface area contributed by atoms with Crippen LogP contribution in [0.15, 0.2) is 0 Å². The van der Waals surface area contributed by atoms with Gasteiger partial charge in [0.25, 0.3) is 0 Å². The molecule has 1 aliphatic carbocycles. The second-order valence-corrected chi connectivity index (χ2v) is 5.65. The Morgan fingerprint density at radius 2 is 1.82 bits per heavy atom. The first-order valence-corrected chi connectivity index (χ1v) is 7.26. The summed E-state index contributed by atoms with van der Waals surface area (Å²) < 4.78 is 0. The molecular formula is C14H26N2O. The lowest BCUT2D eigenvalue weighted by molar-refractivity contribution is -0.133. The summed E-state index contributed by atoms with van der Waals surface area (Å²) in [6, 6.07) is 0.946. The van der Waals surface area contributed by atoms with Gasteiger partial charge >= 0.3 is 0 Å². The summed E-state index contributed by atoms with van der Waals surface area (Å²) in [6.07, 6.45) is 10.8. The first-order valence-electron chi connectivity index (χ1n) is 7.26. The summed E-state index contributed by atoms with van der Waals surface area (Å²) in [6.45, 7) is 1.09. The quantitative estimate of drug-likeness (QED) is 0.818. The Morgan fingerprint density at radius 1 is 1.12 bits per heavy atom. The number of hydrogen-bond acceptors (Lipinski definition) is 2. The smallest absolute Gasteiger partial charge is 0.224 e. The molecule has 1 aliphatic heterocycles. The monoisotopic (exact) mass is 238 g/mol. The molecule has 0 bridgehead atoms. The van der Waals surface area contributed by atoms with E-state index in [2.05, 4.69) is 5.32 Å². The molecule has 1 amide bonds. The summed E-state index contributed by atoms with van der Waals surface area (Å²) in [5.41, 5.74) is 0. The van der Waals surface area contributed by atoms with Crippen LogP contribution in [0.5, 0.6) is 0 Å². The van der Waals surface area contributed by atoms with Crippen LogP contribution in [0, 0.1) is 0 Å². The van der Waals surface area contributed by atoms with E-state index < -0.39 is 0 Å². The maximum atomic E-state index is 12.2. The largest absolute Gasteiger partial charge is 0.343 e. The molecule has 1 N–H and O–H groups in total. The molecule has 3 heteroatoms. The summed E-state index contributed by atoms with van der Waals surface area (Å²) in [5, 5.41) is 3.46. The number of amides is 1. The van der Waals surface area contributed by atoms with Gasteiger partial charge in [-0.3, -0.25) is 4.79 Å². The van der Waals surface area contributed by atoms with Gasteiger partial charge in [-0.25, -0.2) is 0 Å².